The fourth-order valence-electron chi connectivity index (χ4n) is 2.65. The van der Waals surface area contributed by atoms with Crippen LogP contribution >= 0.6 is 11.8 Å². The number of benzene rings is 1. The van der Waals surface area contributed by atoms with Crippen molar-refractivity contribution in [3.63, 3.8) is 0 Å². The van der Waals surface area contributed by atoms with E-state index in [2.05, 4.69) is 71.4 Å². The van der Waals surface area contributed by atoms with Crippen molar-refractivity contribution in [2.45, 2.75) is 43.6 Å². The number of allylic oxidation sites excluding steroid dienone is 1. The highest BCUT2D eigenvalue weighted by atomic mass is 32.2. The minimum absolute atomic E-state index is 0.175. The van der Waals surface area contributed by atoms with Gasteiger partial charge in [0.25, 0.3) is 0 Å². The summed E-state index contributed by atoms with van der Waals surface area (Å²) in [7, 11) is 0. The Labute approximate surface area is 159 Å². The highest BCUT2D eigenvalue weighted by molar-refractivity contribution is 7.98. The van der Waals surface area contributed by atoms with Crippen LogP contribution < -0.4 is 0 Å². The van der Waals surface area contributed by atoms with Gasteiger partial charge in [-0.15, -0.1) is 16.8 Å². The first-order valence-electron chi connectivity index (χ1n) is 8.66. The lowest BCUT2D eigenvalue weighted by Gasteiger charge is -2.19. The Morgan fingerprint density at radius 2 is 1.88 bits per heavy atom. The third-order valence-electron chi connectivity index (χ3n) is 4.14. The van der Waals surface area contributed by atoms with Crippen LogP contribution in [-0.4, -0.2) is 19.7 Å². The predicted octanol–water partition coefficient (Wildman–Crippen LogP) is 5.12. The summed E-state index contributed by atoms with van der Waals surface area (Å²) in [5.74, 6) is 1.68. The molecule has 26 heavy (non-hydrogen) atoms. The van der Waals surface area contributed by atoms with E-state index in [0.29, 0.717) is 6.54 Å². The number of thioether (sulfide) groups is 1. The topological polar surface area (TPSA) is 43.6 Å². The molecule has 0 amide bonds. The lowest BCUT2D eigenvalue weighted by Crippen LogP contribution is -2.10. The van der Waals surface area contributed by atoms with Crippen LogP contribution in [0.2, 0.25) is 0 Å². The monoisotopic (exact) mass is 364 g/mol. The zero-order valence-electron chi connectivity index (χ0n) is 15.5. The minimum atomic E-state index is 0.175. The summed E-state index contributed by atoms with van der Waals surface area (Å²) in [6, 6.07) is 12.7. The average Bonchev–Trinajstić information content (AvgIpc) is 3.03. The molecule has 3 rings (SSSR count). The molecule has 0 unspecified atom stereocenters. The normalized spacial score (nSPS) is 11.5. The molecule has 0 saturated heterocycles. The van der Waals surface area contributed by atoms with Gasteiger partial charge in [-0.1, -0.05) is 62.9 Å². The van der Waals surface area contributed by atoms with Crippen LogP contribution in [0.1, 0.15) is 31.9 Å². The number of hydrogen-bond donors (Lipinski definition) is 0. The molecule has 0 radical (unpaired) electrons. The fraction of sp³-hybridized carbons (Fsp3) is 0.286. The molecule has 0 aliphatic rings. The third kappa shape index (κ3) is 4.22. The van der Waals surface area contributed by atoms with E-state index in [0.717, 1.165) is 22.3 Å². The molecule has 1 aromatic carbocycles. The second-order valence-electron chi connectivity index (χ2n) is 7.18. The summed E-state index contributed by atoms with van der Waals surface area (Å²) >= 11 is 1.69. The van der Waals surface area contributed by atoms with E-state index in [1.165, 1.54) is 11.1 Å². The Kier molecular flexibility index (Phi) is 5.57. The van der Waals surface area contributed by atoms with Crippen LogP contribution in [-0.2, 0) is 17.7 Å². The van der Waals surface area contributed by atoms with Crippen LogP contribution in [0.15, 0.2) is 66.6 Å². The van der Waals surface area contributed by atoms with Gasteiger partial charge in [0.2, 0.25) is 0 Å². The second kappa shape index (κ2) is 7.87. The number of pyridine rings is 1. The van der Waals surface area contributed by atoms with Crippen molar-refractivity contribution in [2.75, 3.05) is 0 Å². The summed E-state index contributed by atoms with van der Waals surface area (Å²) in [6.45, 7) is 11.2. The predicted molar refractivity (Wildman–Crippen MR) is 108 cm³/mol. The standard InChI is InChI=1S/C21H24N4S/c1-5-13-25-19(17-7-6-12-22-14-17)23-24-20(25)26-15-16-8-10-18(11-9-16)21(2,3)4/h5-12,14H,1,13,15H2,2-4H3. The van der Waals surface area contributed by atoms with Gasteiger partial charge in [0.1, 0.15) is 0 Å². The lowest BCUT2D eigenvalue weighted by molar-refractivity contribution is 0.590. The minimum Gasteiger partial charge on any atom is -0.298 e. The molecular weight excluding hydrogens is 340 g/mol. The first-order valence-corrected chi connectivity index (χ1v) is 9.64. The molecule has 0 aliphatic carbocycles. The van der Waals surface area contributed by atoms with E-state index in [1.807, 2.05) is 24.4 Å². The molecule has 0 atom stereocenters. The van der Waals surface area contributed by atoms with E-state index in [-0.39, 0.29) is 5.41 Å². The molecule has 0 spiro atoms. The molecule has 4 nitrogen and oxygen atoms in total. The number of aromatic nitrogens is 4. The third-order valence-corrected chi connectivity index (χ3v) is 5.17. The van der Waals surface area contributed by atoms with E-state index >= 15 is 0 Å². The van der Waals surface area contributed by atoms with Gasteiger partial charge in [-0.25, -0.2) is 0 Å². The molecule has 2 heterocycles. The summed E-state index contributed by atoms with van der Waals surface area (Å²) in [6.07, 6.45) is 5.43. The fourth-order valence-corrected chi connectivity index (χ4v) is 3.55. The van der Waals surface area contributed by atoms with Crippen molar-refractivity contribution in [3.05, 3.63) is 72.6 Å². The lowest BCUT2D eigenvalue weighted by atomic mass is 9.87. The molecule has 3 aromatic rings. The SMILES string of the molecule is C=CCn1c(SCc2ccc(C(C)(C)C)cc2)nnc1-c1cccnc1. The maximum absolute atomic E-state index is 4.38. The van der Waals surface area contributed by atoms with Gasteiger partial charge in [0, 0.05) is 30.3 Å². The van der Waals surface area contributed by atoms with E-state index in [4.69, 9.17) is 0 Å². The van der Waals surface area contributed by atoms with Crippen LogP contribution in [0.3, 0.4) is 0 Å². The molecule has 0 aliphatic heterocycles. The summed E-state index contributed by atoms with van der Waals surface area (Å²) in [5.41, 5.74) is 3.76. The van der Waals surface area contributed by atoms with Crippen LogP contribution in [0.4, 0.5) is 0 Å². The van der Waals surface area contributed by atoms with E-state index < -0.39 is 0 Å². The Morgan fingerprint density at radius 1 is 1.12 bits per heavy atom. The van der Waals surface area contributed by atoms with Crippen LogP contribution in [0.5, 0.6) is 0 Å². The Balaban J connectivity index is 1.78. The Morgan fingerprint density at radius 3 is 2.50 bits per heavy atom. The van der Waals surface area contributed by atoms with Crippen molar-refractivity contribution in [1.82, 2.24) is 19.7 Å². The summed E-state index contributed by atoms with van der Waals surface area (Å²) in [4.78, 5) is 4.18. The Bertz CT molecular complexity index is 861. The van der Waals surface area contributed by atoms with Crippen LogP contribution in [0, 0.1) is 0 Å². The maximum atomic E-state index is 4.38. The zero-order valence-corrected chi connectivity index (χ0v) is 16.3. The maximum Gasteiger partial charge on any atom is 0.192 e. The van der Waals surface area contributed by atoms with Crippen LogP contribution in [0.25, 0.3) is 11.4 Å². The quantitative estimate of drug-likeness (QED) is 0.450. The average molecular weight is 365 g/mol. The second-order valence-corrected chi connectivity index (χ2v) is 8.13. The molecule has 5 heteroatoms. The summed E-state index contributed by atoms with van der Waals surface area (Å²) in [5, 5.41) is 9.64. The van der Waals surface area contributed by atoms with Gasteiger partial charge in [-0.2, -0.15) is 0 Å². The summed E-state index contributed by atoms with van der Waals surface area (Å²) < 4.78 is 2.08. The molecule has 134 valence electrons. The smallest absolute Gasteiger partial charge is 0.192 e. The van der Waals surface area contributed by atoms with Gasteiger partial charge in [0.05, 0.1) is 0 Å². The number of rotatable bonds is 6. The van der Waals surface area contributed by atoms with Gasteiger partial charge in [-0.3, -0.25) is 9.55 Å². The number of hydrogen-bond acceptors (Lipinski definition) is 4. The molecule has 0 fully saturated rings. The van der Waals surface area contributed by atoms with Crippen molar-refractivity contribution in [3.8, 4) is 11.4 Å². The van der Waals surface area contributed by atoms with Gasteiger partial charge < -0.3 is 0 Å². The first kappa shape index (κ1) is 18.4. The van der Waals surface area contributed by atoms with E-state index in [1.54, 1.807) is 18.0 Å². The first-order chi connectivity index (χ1) is 12.5. The number of nitrogens with zero attached hydrogens (tertiary/aromatic N) is 4. The Hall–Kier alpha value is -2.40. The molecular formula is C21H24N4S. The van der Waals surface area contributed by atoms with E-state index in [9.17, 15) is 0 Å². The zero-order chi connectivity index (χ0) is 18.6. The van der Waals surface area contributed by atoms with Crippen molar-refractivity contribution >= 4 is 11.8 Å². The van der Waals surface area contributed by atoms with Gasteiger partial charge >= 0.3 is 0 Å². The van der Waals surface area contributed by atoms with Crippen molar-refractivity contribution < 1.29 is 0 Å². The molecule has 2 aromatic heterocycles. The molecule has 0 bridgehead atoms. The largest absolute Gasteiger partial charge is 0.298 e. The van der Waals surface area contributed by atoms with Gasteiger partial charge in [0.15, 0.2) is 11.0 Å². The molecule has 0 saturated carbocycles. The van der Waals surface area contributed by atoms with Crippen molar-refractivity contribution in [2.24, 2.45) is 0 Å². The highest BCUT2D eigenvalue weighted by Gasteiger charge is 2.15. The highest BCUT2D eigenvalue weighted by Crippen LogP contribution is 2.27. The van der Waals surface area contributed by atoms with Gasteiger partial charge in [-0.05, 0) is 28.7 Å². The van der Waals surface area contributed by atoms with Crippen molar-refractivity contribution in [1.29, 1.82) is 0 Å². The molecule has 0 N–H and O–H groups in total.